The van der Waals surface area contributed by atoms with Crippen molar-refractivity contribution < 1.29 is 4.52 Å². The maximum atomic E-state index is 5.82. The molecule has 6 heteroatoms. The molecule has 5 rings (SSSR count). The molecule has 164 valence electrons. The molecule has 0 spiro atoms. The predicted molar refractivity (Wildman–Crippen MR) is 136 cm³/mol. The third kappa shape index (κ3) is 4.05. The highest BCUT2D eigenvalue weighted by Gasteiger charge is 2.34. The maximum absolute atomic E-state index is 5.82. The molecule has 3 aromatic carbocycles. The summed E-state index contributed by atoms with van der Waals surface area (Å²) in [5, 5.41) is 8.41. The number of nitrogens with zero attached hydrogens (tertiary/aromatic N) is 3. The third-order valence-corrected chi connectivity index (χ3v) is 6.21. The van der Waals surface area contributed by atoms with Crippen LogP contribution in [-0.2, 0) is 6.42 Å². The first-order valence-electron chi connectivity index (χ1n) is 11.0. The second-order valence-electron chi connectivity index (χ2n) is 7.94. The summed E-state index contributed by atoms with van der Waals surface area (Å²) in [6, 6.07) is 28.3. The molecule has 1 aliphatic rings. The van der Waals surface area contributed by atoms with E-state index in [1.54, 1.807) is 0 Å². The number of rotatable bonds is 5. The van der Waals surface area contributed by atoms with Gasteiger partial charge in [-0.3, -0.25) is 4.90 Å². The van der Waals surface area contributed by atoms with E-state index in [0.29, 0.717) is 16.8 Å². The van der Waals surface area contributed by atoms with Gasteiger partial charge in [-0.15, -0.1) is 0 Å². The van der Waals surface area contributed by atoms with E-state index < -0.39 is 0 Å². The molecule has 0 saturated heterocycles. The van der Waals surface area contributed by atoms with E-state index in [2.05, 4.69) is 60.7 Å². The van der Waals surface area contributed by atoms with Gasteiger partial charge in [0.2, 0.25) is 5.82 Å². The van der Waals surface area contributed by atoms with E-state index in [1.807, 2.05) is 53.4 Å². The zero-order valence-electron chi connectivity index (χ0n) is 18.5. The number of benzene rings is 3. The standard InChI is InChI=1S/C27H24N4OS/c1-3-19-14-16-22(17-15-19)31-18(2)23(24(28-27(31)33)20-10-6-4-7-11-20)26-29-25(30-32-26)21-12-8-5-9-13-21/h4-17,24H,3H2,1-2H3,(H,28,33). The number of nitrogens with one attached hydrogen (secondary N) is 1. The zero-order chi connectivity index (χ0) is 22.8. The van der Waals surface area contributed by atoms with Crippen LogP contribution in [0.15, 0.2) is 95.1 Å². The van der Waals surface area contributed by atoms with Gasteiger partial charge in [0.25, 0.3) is 5.89 Å². The normalized spacial score (nSPS) is 16.1. The van der Waals surface area contributed by atoms with Crippen molar-refractivity contribution in [2.45, 2.75) is 26.3 Å². The molecule has 1 N–H and O–H groups in total. The van der Waals surface area contributed by atoms with Crippen LogP contribution in [0.2, 0.25) is 0 Å². The Hall–Kier alpha value is -3.77. The molecule has 1 atom stereocenters. The minimum absolute atomic E-state index is 0.200. The first-order valence-corrected chi connectivity index (χ1v) is 11.4. The van der Waals surface area contributed by atoms with Crippen molar-refractivity contribution in [3.63, 3.8) is 0 Å². The van der Waals surface area contributed by atoms with Crippen LogP contribution < -0.4 is 10.2 Å². The van der Waals surface area contributed by atoms with Crippen LogP contribution >= 0.6 is 12.2 Å². The predicted octanol–water partition coefficient (Wildman–Crippen LogP) is 6.17. The van der Waals surface area contributed by atoms with Gasteiger partial charge >= 0.3 is 0 Å². The minimum atomic E-state index is -0.200. The second kappa shape index (κ2) is 9.00. The first kappa shape index (κ1) is 21.1. The topological polar surface area (TPSA) is 54.2 Å². The van der Waals surface area contributed by atoms with Crippen molar-refractivity contribution in [1.82, 2.24) is 15.5 Å². The van der Waals surface area contributed by atoms with Crippen molar-refractivity contribution >= 4 is 28.6 Å². The van der Waals surface area contributed by atoms with Crippen LogP contribution in [0.5, 0.6) is 0 Å². The van der Waals surface area contributed by atoms with Gasteiger partial charge in [-0.2, -0.15) is 4.98 Å². The van der Waals surface area contributed by atoms with Crippen LogP contribution in [0.1, 0.15) is 36.9 Å². The largest absolute Gasteiger partial charge is 0.351 e. The van der Waals surface area contributed by atoms with E-state index in [9.17, 15) is 0 Å². The maximum Gasteiger partial charge on any atom is 0.258 e. The molecule has 0 radical (unpaired) electrons. The van der Waals surface area contributed by atoms with E-state index in [0.717, 1.165) is 34.5 Å². The monoisotopic (exact) mass is 452 g/mol. The number of hydrogen-bond acceptors (Lipinski definition) is 4. The number of aryl methyl sites for hydroxylation is 1. The summed E-state index contributed by atoms with van der Waals surface area (Å²) in [5.74, 6) is 1.04. The summed E-state index contributed by atoms with van der Waals surface area (Å²) >= 11 is 5.82. The van der Waals surface area contributed by atoms with Crippen LogP contribution in [0.25, 0.3) is 17.0 Å². The molecule has 5 nitrogen and oxygen atoms in total. The Morgan fingerprint density at radius 1 is 0.939 bits per heavy atom. The molecule has 0 amide bonds. The summed E-state index contributed by atoms with van der Waals surface area (Å²) in [6.45, 7) is 4.20. The number of allylic oxidation sites excluding steroid dienone is 1. The Kier molecular flexibility index (Phi) is 5.75. The minimum Gasteiger partial charge on any atom is -0.351 e. The molecule has 0 bridgehead atoms. The van der Waals surface area contributed by atoms with Crippen molar-refractivity contribution in [1.29, 1.82) is 0 Å². The molecule has 2 heterocycles. The zero-order valence-corrected chi connectivity index (χ0v) is 19.3. The molecule has 1 aromatic heterocycles. The quantitative estimate of drug-likeness (QED) is 0.366. The Balaban J connectivity index is 1.64. The van der Waals surface area contributed by atoms with E-state index in [4.69, 9.17) is 21.7 Å². The SMILES string of the molecule is CCc1ccc(N2C(=S)NC(c3ccccc3)C(c3nc(-c4ccccc4)no3)=C2C)cc1. The fourth-order valence-electron chi connectivity index (χ4n) is 4.14. The lowest BCUT2D eigenvalue weighted by molar-refractivity contribution is 0.404. The van der Waals surface area contributed by atoms with Gasteiger partial charge in [0.15, 0.2) is 5.11 Å². The number of thiocarbonyl (C=S) groups is 1. The lowest BCUT2D eigenvalue weighted by atomic mass is 9.94. The van der Waals surface area contributed by atoms with Crippen LogP contribution in [-0.4, -0.2) is 15.3 Å². The van der Waals surface area contributed by atoms with Gasteiger partial charge in [-0.05, 0) is 48.8 Å². The summed E-state index contributed by atoms with van der Waals surface area (Å²) in [6.07, 6.45) is 0.989. The molecule has 0 fully saturated rings. The average Bonchev–Trinajstić information content (AvgIpc) is 3.35. The van der Waals surface area contributed by atoms with Crippen LogP contribution in [0.3, 0.4) is 0 Å². The first-order chi connectivity index (χ1) is 16.2. The Labute approximate surface area is 198 Å². The molecular weight excluding hydrogens is 428 g/mol. The van der Waals surface area contributed by atoms with Gasteiger partial charge in [-0.1, -0.05) is 84.9 Å². The van der Waals surface area contributed by atoms with Gasteiger partial charge in [0.05, 0.1) is 11.6 Å². The van der Waals surface area contributed by atoms with E-state index in [1.165, 1.54) is 5.56 Å². The number of anilines is 1. The summed E-state index contributed by atoms with van der Waals surface area (Å²) in [5.41, 5.74) is 6.13. The average molecular weight is 453 g/mol. The highest BCUT2D eigenvalue weighted by Crippen LogP contribution is 2.39. The Morgan fingerprint density at radius 3 is 2.27 bits per heavy atom. The smallest absolute Gasteiger partial charge is 0.258 e. The fraction of sp³-hybridized carbons (Fsp3) is 0.148. The Bertz CT molecular complexity index is 1300. The van der Waals surface area contributed by atoms with E-state index in [-0.39, 0.29) is 6.04 Å². The van der Waals surface area contributed by atoms with Crippen molar-refractivity contribution in [3.05, 3.63) is 108 Å². The Morgan fingerprint density at radius 2 is 1.61 bits per heavy atom. The lowest BCUT2D eigenvalue weighted by Gasteiger charge is -2.37. The van der Waals surface area contributed by atoms with Gasteiger partial charge in [0.1, 0.15) is 0 Å². The molecule has 33 heavy (non-hydrogen) atoms. The molecule has 1 aliphatic heterocycles. The van der Waals surface area contributed by atoms with Crippen molar-refractivity contribution in [3.8, 4) is 11.4 Å². The molecular formula is C27H24N4OS. The molecule has 0 saturated carbocycles. The second-order valence-corrected chi connectivity index (χ2v) is 8.32. The van der Waals surface area contributed by atoms with Crippen LogP contribution in [0.4, 0.5) is 5.69 Å². The third-order valence-electron chi connectivity index (χ3n) is 5.91. The van der Waals surface area contributed by atoms with Gasteiger partial charge in [-0.25, -0.2) is 0 Å². The molecule has 1 unspecified atom stereocenters. The number of aromatic nitrogens is 2. The molecule has 0 aliphatic carbocycles. The van der Waals surface area contributed by atoms with Crippen molar-refractivity contribution in [2.75, 3.05) is 4.90 Å². The van der Waals surface area contributed by atoms with Gasteiger partial charge < -0.3 is 9.84 Å². The summed E-state index contributed by atoms with van der Waals surface area (Å²) in [4.78, 5) is 6.80. The van der Waals surface area contributed by atoms with Crippen molar-refractivity contribution in [2.24, 2.45) is 0 Å². The lowest BCUT2D eigenvalue weighted by Crippen LogP contribution is -2.46. The highest BCUT2D eigenvalue weighted by molar-refractivity contribution is 7.80. The van der Waals surface area contributed by atoms with Gasteiger partial charge in [0, 0.05) is 16.9 Å². The number of hydrogen-bond donors (Lipinski definition) is 1. The summed E-state index contributed by atoms with van der Waals surface area (Å²) in [7, 11) is 0. The molecule has 4 aromatic rings. The summed E-state index contributed by atoms with van der Waals surface area (Å²) < 4.78 is 5.81. The fourth-order valence-corrected chi connectivity index (χ4v) is 4.50. The van der Waals surface area contributed by atoms with E-state index >= 15 is 0 Å². The van der Waals surface area contributed by atoms with Crippen LogP contribution in [0, 0.1) is 0 Å². The highest BCUT2D eigenvalue weighted by atomic mass is 32.1.